The molecule has 1 atom stereocenters. The average Bonchev–Trinajstić information content (AvgIpc) is 2.28. The number of hydrogen-bond donors (Lipinski definition) is 1. The van der Waals surface area contributed by atoms with Crippen molar-refractivity contribution in [2.75, 3.05) is 0 Å². The molecule has 2 N–H and O–H groups in total. The molecule has 0 aliphatic rings. The molecule has 2 aromatic rings. The van der Waals surface area contributed by atoms with Crippen molar-refractivity contribution in [1.82, 2.24) is 4.98 Å². The highest BCUT2D eigenvalue weighted by Crippen LogP contribution is 2.25. The topological polar surface area (TPSA) is 38.9 Å². The normalized spacial score (nSPS) is 12.4. The highest BCUT2D eigenvalue weighted by molar-refractivity contribution is 6.34. The summed E-state index contributed by atoms with van der Waals surface area (Å²) in [6.45, 7) is 0. The van der Waals surface area contributed by atoms with E-state index >= 15 is 0 Å². The molecule has 1 unspecified atom stereocenters. The van der Waals surface area contributed by atoms with Crippen LogP contribution in [0.3, 0.4) is 0 Å². The van der Waals surface area contributed by atoms with Gasteiger partial charge in [-0.1, -0.05) is 23.2 Å². The molecular weight excluding hydrogens is 243 g/mol. The summed E-state index contributed by atoms with van der Waals surface area (Å²) in [5.41, 5.74) is 7.98. The van der Waals surface area contributed by atoms with Crippen LogP contribution in [-0.4, -0.2) is 4.98 Å². The van der Waals surface area contributed by atoms with Crippen LogP contribution in [0.25, 0.3) is 0 Å². The second-order valence-electron chi connectivity index (χ2n) is 3.46. The molecule has 2 nitrogen and oxygen atoms in total. The maximum Gasteiger partial charge on any atom is 0.0553 e. The molecular formula is C12H10Cl2N2. The first kappa shape index (κ1) is 11.4. The molecule has 0 aliphatic carbocycles. The maximum atomic E-state index is 6.11. The molecule has 82 valence electrons. The first-order valence-electron chi connectivity index (χ1n) is 4.78. The van der Waals surface area contributed by atoms with Gasteiger partial charge in [-0.05, 0) is 41.5 Å². The van der Waals surface area contributed by atoms with E-state index in [4.69, 9.17) is 28.9 Å². The Morgan fingerprint density at radius 3 is 2.06 bits per heavy atom. The second-order valence-corrected chi connectivity index (χ2v) is 4.33. The summed E-state index contributed by atoms with van der Waals surface area (Å²) in [6, 6.07) is 8.83. The van der Waals surface area contributed by atoms with Crippen molar-refractivity contribution in [3.05, 3.63) is 63.9 Å². The first-order valence-corrected chi connectivity index (χ1v) is 5.54. The first-order chi connectivity index (χ1) is 7.66. The highest BCUT2D eigenvalue weighted by atomic mass is 35.5. The molecule has 1 aromatic heterocycles. The molecule has 0 saturated heterocycles. The zero-order valence-corrected chi connectivity index (χ0v) is 9.91. The van der Waals surface area contributed by atoms with Gasteiger partial charge >= 0.3 is 0 Å². The van der Waals surface area contributed by atoms with Crippen molar-refractivity contribution in [1.29, 1.82) is 0 Å². The van der Waals surface area contributed by atoms with E-state index in [1.54, 1.807) is 18.5 Å². The van der Waals surface area contributed by atoms with Gasteiger partial charge in [0.15, 0.2) is 0 Å². The summed E-state index contributed by atoms with van der Waals surface area (Å²) < 4.78 is 0. The lowest BCUT2D eigenvalue weighted by molar-refractivity contribution is 0.868. The van der Waals surface area contributed by atoms with Crippen LogP contribution in [0.15, 0.2) is 42.7 Å². The van der Waals surface area contributed by atoms with Gasteiger partial charge in [0, 0.05) is 22.4 Å². The van der Waals surface area contributed by atoms with Gasteiger partial charge in [0.1, 0.15) is 0 Å². The Hall–Kier alpha value is -1.09. The number of aromatic nitrogens is 1. The third kappa shape index (κ3) is 2.53. The summed E-state index contributed by atoms with van der Waals surface area (Å²) >= 11 is 11.9. The standard InChI is InChI=1S/C12H10Cl2N2/c13-10-5-9(6-11(14)7-10)12(15)8-1-3-16-4-2-8/h1-7,12H,15H2. The maximum absolute atomic E-state index is 6.11. The molecule has 0 fully saturated rings. The summed E-state index contributed by atoms with van der Waals surface area (Å²) in [7, 11) is 0. The average molecular weight is 253 g/mol. The molecule has 2 rings (SSSR count). The van der Waals surface area contributed by atoms with Crippen LogP contribution in [0.4, 0.5) is 0 Å². The van der Waals surface area contributed by atoms with Gasteiger partial charge in [-0.2, -0.15) is 0 Å². The minimum absolute atomic E-state index is 0.237. The Kier molecular flexibility index (Phi) is 3.44. The van der Waals surface area contributed by atoms with E-state index in [2.05, 4.69) is 4.98 Å². The zero-order valence-electron chi connectivity index (χ0n) is 8.40. The minimum atomic E-state index is -0.237. The Balaban J connectivity index is 2.37. The molecule has 0 spiro atoms. The van der Waals surface area contributed by atoms with E-state index in [-0.39, 0.29) is 6.04 Å². The van der Waals surface area contributed by atoms with Crippen molar-refractivity contribution in [3.8, 4) is 0 Å². The lowest BCUT2D eigenvalue weighted by atomic mass is 10.0. The van der Waals surface area contributed by atoms with Gasteiger partial charge in [-0.15, -0.1) is 0 Å². The smallest absolute Gasteiger partial charge is 0.0553 e. The molecule has 0 aliphatic heterocycles. The van der Waals surface area contributed by atoms with Crippen molar-refractivity contribution in [2.24, 2.45) is 5.73 Å². The van der Waals surface area contributed by atoms with E-state index in [1.807, 2.05) is 24.3 Å². The SMILES string of the molecule is NC(c1ccncc1)c1cc(Cl)cc(Cl)c1. The number of rotatable bonds is 2. The van der Waals surface area contributed by atoms with Crippen molar-refractivity contribution in [3.63, 3.8) is 0 Å². The number of nitrogens with zero attached hydrogens (tertiary/aromatic N) is 1. The molecule has 0 amide bonds. The predicted molar refractivity (Wildman–Crippen MR) is 66.7 cm³/mol. The Labute approximate surface area is 104 Å². The van der Waals surface area contributed by atoms with E-state index in [1.165, 1.54) is 0 Å². The fourth-order valence-corrected chi connectivity index (χ4v) is 2.06. The Morgan fingerprint density at radius 1 is 0.938 bits per heavy atom. The number of nitrogens with two attached hydrogens (primary N) is 1. The van der Waals surface area contributed by atoms with Crippen molar-refractivity contribution in [2.45, 2.75) is 6.04 Å². The Morgan fingerprint density at radius 2 is 1.50 bits per heavy atom. The number of pyridine rings is 1. The third-order valence-corrected chi connectivity index (χ3v) is 2.75. The van der Waals surface area contributed by atoms with Crippen LogP contribution in [0.1, 0.15) is 17.2 Å². The van der Waals surface area contributed by atoms with E-state index in [9.17, 15) is 0 Å². The summed E-state index contributed by atoms with van der Waals surface area (Å²) in [5, 5.41) is 1.18. The number of halogens is 2. The van der Waals surface area contributed by atoms with Crippen LogP contribution in [-0.2, 0) is 0 Å². The lowest BCUT2D eigenvalue weighted by Crippen LogP contribution is -2.11. The molecule has 0 bridgehead atoms. The van der Waals surface area contributed by atoms with Crippen LogP contribution < -0.4 is 5.73 Å². The van der Waals surface area contributed by atoms with E-state index in [0.717, 1.165) is 11.1 Å². The molecule has 0 saturated carbocycles. The quantitative estimate of drug-likeness (QED) is 0.890. The summed E-state index contributed by atoms with van der Waals surface area (Å²) in [6.07, 6.45) is 3.42. The predicted octanol–water partition coefficient (Wildman–Crippen LogP) is 3.44. The second kappa shape index (κ2) is 4.83. The highest BCUT2D eigenvalue weighted by Gasteiger charge is 2.09. The minimum Gasteiger partial charge on any atom is -0.320 e. The van der Waals surface area contributed by atoms with Gasteiger partial charge in [0.05, 0.1) is 6.04 Å². The Bertz CT molecular complexity index is 465. The van der Waals surface area contributed by atoms with Gasteiger partial charge in [0.25, 0.3) is 0 Å². The van der Waals surface area contributed by atoms with Crippen LogP contribution in [0, 0.1) is 0 Å². The van der Waals surface area contributed by atoms with Crippen LogP contribution >= 0.6 is 23.2 Å². The monoisotopic (exact) mass is 252 g/mol. The largest absolute Gasteiger partial charge is 0.320 e. The number of benzene rings is 1. The zero-order chi connectivity index (χ0) is 11.5. The lowest BCUT2D eigenvalue weighted by Gasteiger charge is -2.12. The van der Waals surface area contributed by atoms with E-state index in [0.29, 0.717) is 10.0 Å². The summed E-state index contributed by atoms with van der Waals surface area (Å²) in [4.78, 5) is 3.95. The fourth-order valence-electron chi connectivity index (χ4n) is 1.52. The van der Waals surface area contributed by atoms with Gasteiger partial charge in [-0.3, -0.25) is 4.98 Å². The summed E-state index contributed by atoms with van der Waals surface area (Å²) in [5.74, 6) is 0. The van der Waals surface area contributed by atoms with Crippen LogP contribution in [0.5, 0.6) is 0 Å². The fraction of sp³-hybridized carbons (Fsp3) is 0.0833. The third-order valence-electron chi connectivity index (χ3n) is 2.31. The van der Waals surface area contributed by atoms with Crippen molar-refractivity contribution < 1.29 is 0 Å². The molecule has 16 heavy (non-hydrogen) atoms. The molecule has 1 heterocycles. The van der Waals surface area contributed by atoms with E-state index < -0.39 is 0 Å². The van der Waals surface area contributed by atoms with Crippen molar-refractivity contribution >= 4 is 23.2 Å². The molecule has 1 aromatic carbocycles. The molecule has 4 heteroatoms. The number of hydrogen-bond acceptors (Lipinski definition) is 2. The van der Waals surface area contributed by atoms with Crippen LogP contribution in [0.2, 0.25) is 10.0 Å². The molecule has 0 radical (unpaired) electrons. The van der Waals surface area contributed by atoms with Gasteiger partial charge in [0.2, 0.25) is 0 Å². The van der Waals surface area contributed by atoms with Gasteiger partial charge < -0.3 is 5.73 Å². The van der Waals surface area contributed by atoms with Gasteiger partial charge in [-0.25, -0.2) is 0 Å².